The summed E-state index contributed by atoms with van der Waals surface area (Å²) in [7, 11) is 0. The van der Waals surface area contributed by atoms with Gasteiger partial charge in [0.1, 0.15) is 23.0 Å². The molecule has 0 aliphatic rings. The van der Waals surface area contributed by atoms with Crippen LogP contribution in [0.1, 0.15) is 78.4 Å². The second-order valence-electron chi connectivity index (χ2n) is 10.0. The molecule has 0 unspecified atom stereocenters. The molecule has 0 saturated carbocycles. The second kappa shape index (κ2) is 19.2. The largest absolute Gasteiger partial charge is 0.458 e. The molecule has 0 atom stereocenters. The first-order valence-electron chi connectivity index (χ1n) is 16.0. The summed E-state index contributed by atoms with van der Waals surface area (Å²) < 4.78 is 34.1. The average Bonchev–Trinajstić information content (AvgIpc) is 3.66. The van der Waals surface area contributed by atoms with Gasteiger partial charge < -0.3 is 47.4 Å². The van der Waals surface area contributed by atoms with Crippen molar-refractivity contribution in [1.29, 1.82) is 0 Å². The van der Waals surface area contributed by atoms with Crippen LogP contribution >= 0.6 is 0 Å². The Kier molecular flexibility index (Phi) is 15.8. The minimum atomic E-state index is -0.522. The van der Waals surface area contributed by atoms with Crippen LogP contribution in [0.3, 0.4) is 0 Å². The van der Waals surface area contributed by atoms with Gasteiger partial charge in [0, 0.05) is 63.5 Å². The number of carbonyl (C=O) groups is 4. The number of carbonyl (C=O) groups excluding carboxylic acids is 4. The van der Waals surface area contributed by atoms with Gasteiger partial charge in [-0.2, -0.15) is 0 Å². The average molecular weight is 651 g/mol. The van der Waals surface area contributed by atoms with Gasteiger partial charge in [-0.15, -0.1) is 0 Å². The third-order valence-electron chi connectivity index (χ3n) is 7.43. The first kappa shape index (κ1) is 37.8. The van der Waals surface area contributed by atoms with Gasteiger partial charge in [-0.1, -0.05) is 0 Å². The second-order valence-corrected chi connectivity index (χ2v) is 10.0. The SMILES string of the molecule is CCN(CC)C(=O)OCc1cc(-c2cc(COC(=O)N(CC)CC)oc2COC(=O)N(CC)CC)c(COC(=O)N(CC)CC)o1. The van der Waals surface area contributed by atoms with E-state index in [4.69, 9.17) is 27.8 Å². The highest BCUT2D eigenvalue weighted by atomic mass is 16.6. The summed E-state index contributed by atoms with van der Waals surface area (Å²) in [6, 6.07) is 3.31. The van der Waals surface area contributed by atoms with Crippen LogP contribution in [0.25, 0.3) is 11.1 Å². The molecule has 2 heterocycles. The van der Waals surface area contributed by atoms with E-state index in [1.54, 1.807) is 12.1 Å². The van der Waals surface area contributed by atoms with Crippen LogP contribution in [-0.2, 0) is 45.4 Å². The van der Waals surface area contributed by atoms with Crippen LogP contribution in [0.5, 0.6) is 0 Å². The zero-order valence-corrected chi connectivity index (χ0v) is 28.5. The van der Waals surface area contributed by atoms with Gasteiger partial charge in [-0.05, 0) is 67.5 Å². The first-order chi connectivity index (χ1) is 22.1. The lowest BCUT2D eigenvalue weighted by atomic mass is 10.1. The minimum Gasteiger partial charge on any atom is -0.458 e. The summed E-state index contributed by atoms with van der Waals surface area (Å²) in [6.45, 7) is 17.8. The normalized spacial score (nSPS) is 10.7. The van der Waals surface area contributed by atoms with Crippen molar-refractivity contribution < 1.29 is 47.0 Å². The van der Waals surface area contributed by atoms with Crippen molar-refractivity contribution in [3.8, 4) is 11.1 Å². The Bertz CT molecular complexity index is 1160. The minimum absolute atomic E-state index is 0.176. The molecule has 2 aromatic heterocycles. The van der Waals surface area contributed by atoms with E-state index in [9.17, 15) is 19.2 Å². The predicted octanol–water partition coefficient (Wildman–Crippen LogP) is 6.45. The number of amides is 4. The molecule has 0 bridgehead atoms. The zero-order valence-electron chi connectivity index (χ0n) is 28.5. The lowest BCUT2D eigenvalue weighted by Gasteiger charge is -2.18. The fourth-order valence-corrected chi connectivity index (χ4v) is 4.59. The van der Waals surface area contributed by atoms with E-state index >= 15 is 0 Å². The van der Waals surface area contributed by atoms with E-state index in [0.717, 1.165) is 0 Å². The summed E-state index contributed by atoms with van der Waals surface area (Å²) >= 11 is 0. The molecule has 0 spiro atoms. The first-order valence-corrected chi connectivity index (χ1v) is 16.0. The Morgan fingerprint density at radius 3 is 0.935 bits per heavy atom. The van der Waals surface area contributed by atoms with Gasteiger partial charge >= 0.3 is 24.4 Å². The van der Waals surface area contributed by atoms with E-state index in [2.05, 4.69) is 0 Å². The number of nitrogens with zero attached hydrogens (tertiary/aromatic N) is 4. The monoisotopic (exact) mass is 650 g/mol. The van der Waals surface area contributed by atoms with E-state index < -0.39 is 24.4 Å². The van der Waals surface area contributed by atoms with Gasteiger partial charge in [0.05, 0.1) is 0 Å². The van der Waals surface area contributed by atoms with E-state index in [1.165, 1.54) is 19.6 Å². The smallest absolute Gasteiger partial charge is 0.410 e. The topological polar surface area (TPSA) is 144 Å². The molecular formula is C32H50N4O10. The summed E-state index contributed by atoms with van der Waals surface area (Å²) in [6.07, 6.45) is -2.04. The van der Waals surface area contributed by atoms with Crippen LogP contribution in [0, 0.1) is 0 Å². The molecule has 0 saturated heterocycles. The van der Waals surface area contributed by atoms with Gasteiger partial charge in [0.2, 0.25) is 0 Å². The molecule has 4 amide bonds. The molecule has 14 heteroatoms. The molecule has 46 heavy (non-hydrogen) atoms. The Balaban J connectivity index is 2.50. The number of ether oxygens (including phenoxy) is 4. The standard InChI is InChI=1S/C32H50N4O10/c1-9-33(10-2)29(37)41-19-23-17-25(27(45-23)21-43-31(39)35(13-5)14-6)26-18-24(20-42-30(38)34(11-3)12-4)46-28(26)22-44-32(40)36(15-7)16-8/h17-18H,9-16,19-22H2,1-8H3. The third kappa shape index (κ3) is 10.3. The lowest BCUT2D eigenvalue weighted by Crippen LogP contribution is -2.31. The summed E-state index contributed by atoms with van der Waals surface area (Å²) in [5.41, 5.74) is 0.945. The Morgan fingerprint density at radius 1 is 0.457 bits per heavy atom. The third-order valence-corrected chi connectivity index (χ3v) is 7.43. The predicted molar refractivity (Wildman–Crippen MR) is 169 cm³/mol. The highest BCUT2D eigenvalue weighted by Gasteiger charge is 2.25. The lowest BCUT2D eigenvalue weighted by molar-refractivity contribution is 0.0845. The molecule has 14 nitrogen and oxygen atoms in total. The van der Waals surface area contributed by atoms with Crippen molar-refractivity contribution in [2.45, 2.75) is 81.8 Å². The van der Waals surface area contributed by atoms with Crippen molar-refractivity contribution >= 4 is 24.4 Å². The maximum Gasteiger partial charge on any atom is 0.410 e. The molecule has 0 fully saturated rings. The molecule has 2 rings (SSSR count). The highest BCUT2D eigenvalue weighted by molar-refractivity contribution is 5.72. The van der Waals surface area contributed by atoms with Crippen LogP contribution < -0.4 is 0 Å². The van der Waals surface area contributed by atoms with Gasteiger partial charge in [-0.3, -0.25) is 0 Å². The van der Waals surface area contributed by atoms with Gasteiger partial charge in [0.25, 0.3) is 0 Å². The fraction of sp³-hybridized carbons (Fsp3) is 0.625. The number of hydrogen-bond donors (Lipinski definition) is 0. The van der Waals surface area contributed by atoms with Crippen molar-refractivity contribution in [1.82, 2.24) is 19.6 Å². The quantitative estimate of drug-likeness (QED) is 0.175. The highest BCUT2D eigenvalue weighted by Crippen LogP contribution is 2.34. The summed E-state index contributed by atoms with van der Waals surface area (Å²) in [4.78, 5) is 56.4. The zero-order chi connectivity index (χ0) is 34.2. The van der Waals surface area contributed by atoms with Crippen LogP contribution in [-0.4, -0.2) is 96.3 Å². The number of rotatable bonds is 17. The molecule has 2 aromatic rings. The van der Waals surface area contributed by atoms with Crippen molar-refractivity contribution in [2.24, 2.45) is 0 Å². The molecule has 258 valence electrons. The molecular weight excluding hydrogens is 600 g/mol. The summed E-state index contributed by atoms with van der Waals surface area (Å²) in [5, 5.41) is 0. The molecule has 0 aliphatic heterocycles. The van der Waals surface area contributed by atoms with Crippen molar-refractivity contribution in [3.63, 3.8) is 0 Å². The number of hydrogen-bond acceptors (Lipinski definition) is 10. The van der Waals surface area contributed by atoms with E-state index in [-0.39, 0.29) is 37.9 Å². The summed E-state index contributed by atoms with van der Waals surface area (Å²) in [5.74, 6) is 1.12. The van der Waals surface area contributed by atoms with E-state index in [1.807, 2.05) is 55.4 Å². The maximum absolute atomic E-state index is 12.7. The van der Waals surface area contributed by atoms with Crippen molar-refractivity contribution in [2.75, 3.05) is 52.4 Å². The molecule has 0 aromatic carbocycles. The van der Waals surface area contributed by atoms with Crippen molar-refractivity contribution in [3.05, 3.63) is 35.2 Å². The Labute approximate surface area is 271 Å². The van der Waals surface area contributed by atoms with Gasteiger partial charge in [-0.25, -0.2) is 19.2 Å². The van der Waals surface area contributed by atoms with Gasteiger partial charge in [0.15, 0.2) is 26.4 Å². The Morgan fingerprint density at radius 2 is 0.696 bits per heavy atom. The molecule has 0 radical (unpaired) electrons. The van der Waals surface area contributed by atoms with Crippen LogP contribution in [0.15, 0.2) is 21.0 Å². The number of furan rings is 2. The van der Waals surface area contributed by atoms with Crippen LogP contribution in [0.2, 0.25) is 0 Å². The molecule has 0 N–H and O–H groups in total. The maximum atomic E-state index is 12.7. The molecule has 0 aliphatic carbocycles. The van der Waals surface area contributed by atoms with E-state index in [0.29, 0.717) is 75.0 Å². The van der Waals surface area contributed by atoms with Crippen LogP contribution in [0.4, 0.5) is 19.2 Å². The Hall–Kier alpha value is -4.36. The fourth-order valence-electron chi connectivity index (χ4n) is 4.59.